The molecule has 36 heavy (non-hydrogen) atoms. The molecule has 0 aliphatic heterocycles. The topological polar surface area (TPSA) is 114 Å². The van der Waals surface area contributed by atoms with E-state index in [2.05, 4.69) is 4.74 Å². The van der Waals surface area contributed by atoms with Crippen LogP contribution in [0.2, 0.25) is 0 Å². The van der Waals surface area contributed by atoms with Gasteiger partial charge in [0.2, 0.25) is 0 Å². The highest BCUT2D eigenvalue weighted by molar-refractivity contribution is 5.91. The quantitative estimate of drug-likeness (QED) is 0.188. The Kier molecular flexibility index (Phi) is 8.56. The summed E-state index contributed by atoms with van der Waals surface area (Å²) >= 11 is 0. The summed E-state index contributed by atoms with van der Waals surface area (Å²) in [6, 6.07) is 16.6. The summed E-state index contributed by atoms with van der Waals surface area (Å²) < 4.78 is 51.6. The molecule has 188 valence electrons. The van der Waals surface area contributed by atoms with Crippen molar-refractivity contribution in [3.8, 4) is 11.5 Å². The molecule has 0 unspecified atom stereocenters. The number of nitrogen functional groups attached to an aromatic ring is 2. The lowest BCUT2D eigenvalue weighted by atomic mass is 10.1. The van der Waals surface area contributed by atoms with Crippen molar-refractivity contribution in [2.45, 2.75) is 12.6 Å². The molecule has 4 N–H and O–H groups in total. The predicted molar refractivity (Wildman–Crippen MR) is 128 cm³/mol. The summed E-state index contributed by atoms with van der Waals surface area (Å²) in [6.45, 7) is -1.26. The number of carbonyl (C=O) groups is 2. The van der Waals surface area contributed by atoms with Gasteiger partial charge in [0.15, 0.2) is 6.61 Å². The fourth-order valence-corrected chi connectivity index (χ4v) is 3.04. The van der Waals surface area contributed by atoms with Crippen LogP contribution >= 0.6 is 0 Å². The number of nitrogens with two attached hydrogens (primary N) is 2. The molecule has 0 aliphatic rings. The third kappa shape index (κ3) is 8.71. The second-order valence-electron chi connectivity index (χ2n) is 7.65. The molecule has 3 aromatic rings. The third-order valence-corrected chi connectivity index (χ3v) is 4.67. The van der Waals surface area contributed by atoms with Crippen molar-refractivity contribution in [3.05, 3.63) is 89.5 Å². The molecule has 0 aromatic heterocycles. The SMILES string of the molecule is Nc1cc(N)cc(CCOC(=O)C=Cc2ccc(OC(=O)c3ccc(OCC(F)(F)F)cc3)cc2)c1. The highest BCUT2D eigenvalue weighted by Crippen LogP contribution is 2.20. The van der Waals surface area contributed by atoms with Gasteiger partial charge >= 0.3 is 18.1 Å². The molecular weight excluding hydrogens is 477 g/mol. The molecule has 0 aliphatic carbocycles. The fourth-order valence-electron chi connectivity index (χ4n) is 3.04. The number of ether oxygens (including phenoxy) is 3. The number of halogens is 3. The van der Waals surface area contributed by atoms with E-state index in [9.17, 15) is 22.8 Å². The molecule has 3 rings (SSSR count). The molecular formula is C26H23F3N2O5. The van der Waals surface area contributed by atoms with Crippen LogP contribution in [0.3, 0.4) is 0 Å². The smallest absolute Gasteiger partial charge is 0.422 e. The van der Waals surface area contributed by atoms with Crippen LogP contribution in [0.15, 0.2) is 72.8 Å². The zero-order chi connectivity index (χ0) is 26.1. The first-order valence-corrected chi connectivity index (χ1v) is 10.7. The zero-order valence-electron chi connectivity index (χ0n) is 19.0. The van der Waals surface area contributed by atoms with E-state index in [1.54, 1.807) is 36.4 Å². The summed E-state index contributed by atoms with van der Waals surface area (Å²) in [4.78, 5) is 24.2. The molecule has 7 nitrogen and oxygen atoms in total. The second-order valence-corrected chi connectivity index (χ2v) is 7.65. The van der Waals surface area contributed by atoms with E-state index in [4.69, 9.17) is 20.9 Å². The number of hydrogen-bond acceptors (Lipinski definition) is 7. The molecule has 0 saturated heterocycles. The molecule has 0 saturated carbocycles. The Balaban J connectivity index is 1.45. The van der Waals surface area contributed by atoms with Gasteiger partial charge in [-0.1, -0.05) is 12.1 Å². The van der Waals surface area contributed by atoms with Crippen LogP contribution in [0.25, 0.3) is 6.08 Å². The molecule has 0 atom stereocenters. The number of benzene rings is 3. The lowest BCUT2D eigenvalue weighted by molar-refractivity contribution is -0.153. The maximum atomic E-state index is 12.3. The minimum absolute atomic E-state index is 0.0204. The molecule has 3 aromatic carbocycles. The Morgan fingerprint density at radius 3 is 2.08 bits per heavy atom. The van der Waals surface area contributed by atoms with E-state index in [0.29, 0.717) is 23.4 Å². The molecule has 0 heterocycles. The van der Waals surface area contributed by atoms with Crippen molar-refractivity contribution >= 4 is 29.4 Å². The Hall–Kier alpha value is -4.47. The van der Waals surface area contributed by atoms with Crippen molar-refractivity contribution in [3.63, 3.8) is 0 Å². The number of rotatable bonds is 9. The predicted octanol–water partition coefficient (Wildman–Crippen LogP) is 4.81. The van der Waals surface area contributed by atoms with Crippen LogP contribution in [0.5, 0.6) is 11.5 Å². The van der Waals surface area contributed by atoms with Crippen molar-refractivity contribution in [1.82, 2.24) is 0 Å². The van der Waals surface area contributed by atoms with Gasteiger partial charge in [-0.3, -0.25) is 0 Å². The minimum Gasteiger partial charge on any atom is -0.484 e. The van der Waals surface area contributed by atoms with Gasteiger partial charge < -0.3 is 25.7 Å². The van der Waals surface area contributed by atoms with Gasteiger partial charge in [0, 0.05) is 23.9 Å². The van der Waals surface area contributed by atoms with E-state index in [1.165, 1.54) is 42.5 Å². The van der Waals surface area contributed by atoms with Gasteiger partial charge in [-0.2, -0.15) is 13.2 Å². The van der Waals surface area contributed by atoms with Crippen LogP contribution in [0.1, 0.15) is 21.5 Å². The Morgan fingerprint density at radius 1 is 0.861 bits per heavy atom. The lowest BCUT2D eigenvalue weighted by Crippen LogP contribution is -2.19. The van der Waals surface area contributed by atoms with Crippen molar-refractivity contribution in [1.29, 1.82) is 0 Å². The molecule has 0 spiro atoms. The largest absolute Gasteiger partial charge is 0.484 e. The summed E-state index contributed by atoms with van der Waals surface area (Å²) in [6.07, 6.45) is -1.16. The summed E-state index contributed by atoms with van der Waals surface area (Å²) in [5.74, 6) is -0.984. The summed E-state index contributed by atoms with van der Waals surface area (Å²) in [7, 11) is 0. The number of hydrogen-bond donors (Lipinski definition) is 2. The van der Waals surface area contributed by atoms with Gasteiger partial charge in [0.25, 0.3) is 0 Å². The first kappa shape index (κ1) is 26.1. The summed E-state index contributed by atoms with van der Waals surface area (Å²) in [5, 5.41) is 0. The van der Waals surface area contributed by atoms with E-state index in [0.717, 1.165) is 5.56 Å². The highest BCUT2D eigenvalue weighted by atomic mass is 19.4. The molecule has 0 bridgehead atoms. The van der Waals surface area contributed by atoms with E-state index >= 15 is 0 Å². The second kappa shape index (κ2) is 11.8. The Labute approximate surface area is 205 Å². The third-order valence-electron chi connectivity index (χ3n) is 4.67. The van der Waals surface area contributed by atoms with Crippen LogP contribution in [0.4, 0.5) is 24.5 Å². The lowest BCUT2D eigenvalue weighted by Gasteiger charge is -2.09. The average Bonchev–Trinajstić information content (AvgIpc) is 2.81. The Bertz CT molecular complexity index is 1200. The average molecular weight is 500 g/mol. The molecule has 10 heteroatoms. The van der Waals surface area contributed by atoms with Gasteiger partial charge in [-0.05, 0) is 71.8 Å². The van der Waals surface area contributed by atoms with E-state index in [-0.39, 0.29) is 23.7 Å². The van der Waals surface area contributed by atoms with Crippen molar-refractivity contribution in [2.24, 2.45) is 0 Å². The zero-order valence-corrected chi connectivity index (χ0v) is 19.0. The van der Waals surface area contributed by atoms with E-state index in [1.807, 2.05) is 0 Å². The monoisotopic (exact) mass is 500 g/mol. The number of esters is 2. The first-order chi connectivity index (χ1) is 17.1. The highest BCUT2D eigenvalue weighted by Gasteiger charge is 2.28. The van der Waals surface area contributed by atoms with Crippen LogP contribution in [-0.4, -0.2) is 31.3 Å². The maximum absolute atomic E-state index is 12.3. The fraction of sp³-hybridized carbons (Fsp3) is 0.154. The van der Waals surface area contributed by atoms with Gasteiger partial charge in [-0.15, -0.1) is 0 Å². The summed E-state index contributed by atoms with van der Waals surface area (Å²) in [5.41, 5.74) is 14.2. The molecule has 0 fully saturated rings. The normalized spacial score (nSPS) is 11.3. The number of carbonyl (C=O) groups excluding carboxylic acids is 2. The van der Waals surface area contributed by atoms with E-state index < -0.39 is 24.7 Å². The van der Waals surface area contributed by atoms with Gasteiger partial charge in [-0.25, -0.2) is 9.59 Å². The van der Waals surface area contributed by atoms with Crippen molar-refractivity contribution < 1.29 is 37.0 Å². The van der Waals surface area contributed by atoms with Crippen LogP contribution in [-0.2, 0) is 16.0 Å². The molecule has 0 amide bonds. The maximum Gasteiger partial charge on any atom is 0.422 e. The minimum atomic E-state index is -4.45. The molecule has 0 radical (unpaired) electrons. The van der Waals surface area contributed by atoms with Crippen molar-refractivity contribution in [2.75, 3.05) is 24.7 Å². The van der Waals surface area contributed by atoms with Crippen LogP contribution < -0.4 is 20.9 Å². The van der Waals surface area contributed by atoms with Gasteiger partial charge in [0.05, 0.1) is 12.2 Å². The number of alkyl halides is 3. The Morgan fingerprint density at radius 2 is 1.47 bits per heavy atom. The van der Waals surface area contributed by atoms with Crippen LogP contribution in [0, 0.1) is 0 Å². The first-order valence-electron chi connectivity index (χ1n) is 10.7. The standard InChI is InChI=1S/C26H23F3N2O5/c27-26(28,29)16-35-22-8-4-19(5-9-22)25(33)36-23-6-1-17(2-7-23)3-10-24(32)34-12-11-18-13-20(30)15-21(31)14-18/h1-10,13-15H,11-12,16,30-31H2. The van der Waals surface area contributed by atoms with Gasteiger partial charge in [0.1, 0.15) is 11.5 Å². The number of anilines is 2.